The molecule has 1 fully saturated rings. The molecule has 0 bridgehead atoms. The maximum absolute atomic E-state index is 12.0. The monoisotopic (exact) mass is 263 g/mol. The summed E-state index contributed by atoms with van der Waals surface area (Å²) in [6.07, 6.45) is 5.68. The van der Waals surface area contributed by atoms with Gasteiger partial charge < -0.3 is 4.90 Å². The zero-order valence-corrected chi connectivity index (χ0v) is 11.4. The Balaban J connectivity index is 1.94. The van der Waals surface area contributed by atoms with Crippen LogP contribution in [0.25, 0.3) is 6.08 Å². The predicted molar refractivity (Wildman–Crippen MR) is 75.5 cm³/mol. The zero-order chi connectivity index (χ0) is 13.0. The highest BCUT2D eigenvalue weighted by Gasteiger charge is 2.18. The van der Waals surface area contributed by atoms with E-state index in [1.54, 1.807) is 6.08 Å². The second-order valence-electron chi connectivity index (χ2n) is 4.90. The minimum Gasteiger partial charge on any atom is -0.339 e. The maximum atomic E-state index is 12.0. The molecule has 1 amide bonds. The molecule has 3 heteroatoms. The van der Waals surface area contributed by atoms with E-state index in [4.69, 9.17) is 11.6 Å². The number of carbonyl (C=O) groups excluding carboxylic acids is 1. The number of hydrogen-bond acceptors (Lipinski definition) is 1. The van der Waals surface area contributed by atoms with Crippen LogP contribution in [0.2, 0.25) is 5.02 Å². The Hall–Kier alpha value is -1.28. The Bertz CT molecular complexity index is 448. The first-order chi connectivity index (χ1) is 8.65. The van der Waals surface area contributed by atoms with Gasteiger partial charge in [0.1, 0.15) is 0 Å². The van der Waals surface area contributed by atoms with E-state index < -0.39 is 0 Å². The third kappa shape index (κ3) is 3.61. The van der Waals surface area contributed by atoms with Gasteiger partial charge in [-0.15, -0.1) is 0 Å². The van der Waals surface area contributed by atoms with Crippen molar-refractivity contribution in [2.45, 2.75) is 19.8 Å². The summed E-state index contributed by atoms with van der Waals surface area (Å²) in [5.74, 6) is 0.841. The second kappa shape index (κ2) is 6.05. The van der Waals surface area contributed by atoms with Crippen molar-refractivity contribution in [2.24, 2.45) is 5.92 Å². The van der Waals surface area contributed by atoms with Crippen molar-refractivity contribution in [3.8, 4) is 0 Å². The van der Waals surface area contributed by atoms with E-state index in [1.807, 2.05) is 35.2 Å². The highest BCUT2D eigenvalue weighted by molar-refractivity contribution is 6.30. The van der Waals surface area contributed by atoms with Gasteiger partial charge in [0.15, 0.2) is 0 Å². The normalized spacial score (nSPS) is 17.3. The molecule has 1 heterocycles. The molecule has 18 heavy (non-hydrogen) atoms. The van der Waals surface area contributed by atoms with Crippen LogP contribution in [0.5, 0.6) is 0 Å². The third-order valence-electron chi connectivity index (χ3n) is 3.36. The zero-order valence-electron chi connectivity index (χ0n) is 10.6. The first-order valence-corrected chi connectivity index (χ1v) is 6.75. The molecule has 1 aromatic rings. The molecule has 2 rings (SSSR count). The van der Waals surface area contributed by atoms with Crippen molar-refractivity contribution in [1.82, 2.24) is 4.90 Å². The fraction of sp³-hybridized carbons (Fsp3) is 0.400. The number of carbonyl (C=O) groups is 1. The molecular weight excluding hydrogens is 246 g/mol. The summed E-state index contributed by atoms with van der Waals surface area (Å²) in [6.45, 7) is 3.99. The Morgan fingerprint density at radius 1 is 1.39 bits per heavy atom. The number of amides is 1. The standard InChI is InChI=1S/C15H18ClNO/c1-12-7-9-17(10-8-12)15(18)6-5-13-3-2-4-14(16)11-13/h2-6,11-12H,7-10H2,1H3/b6-5+. The number of benzene rings is 1. The van der Waals surface area contributed by atoms with Gasteiger partial charge in [-0.3, -0.25) is 4.79 Å². The lowest BCUT2D eigenvalue weighted by Gasteiger charge is -2.29. The highest BCUT2D eigenvalue weighted by Crippen LogP contribution is 2.17. The number of halogens is 1. The fourth-order valence-electron chi connectivity index (χ4n) is 2.11. The topological polar surface area (TPSA) is 20.3 Å². The minimum atomic E-state index is 0.0990. The average molecular weight is 264 g/mol. The Morgan fingerprint density at radius 2 is 2.11 bits per heavy atom. The summed E-state index contributed by atoms with van der Waals surface area (Å²) < 4.78 is 0. The number of nitrogens with zero attached hydrogens (tertiary/aromatic N) is 1. The lowest BCUT2D eigenvalue weighted by atomic mass is 9.99. The van der Waals surface area contributed by atoms with Crippen molar-refractivity contribution in [3.63, 3.8) is 0 Å². The van der Waals surface area contributed by atoms with Crippen molar-refractivity contribution in [1.29, 1.82) is 0 Å². The summed E-state index contributed by atoms with van der Waals surface area (Å²) in [7, 11) is 0. The van der Waals surface area contributed by atoms with E-state index in [1.165, 1.54) is 0 Å². The van der Waals surface area contributed by atoms with Crippen LogP contribution in [0.1, 0.15) is 25.3 Å². The summed E-state index contributed by atoms with van der Waals surface area (Å²) in [6, 6.07) is 7.50. The molecule has 1 aliphatic heterocycles. The van der Waals surface area contributed by atoms with E-state index in [2.05, 4.69) is 6.92 Å². The molecule has 1 aromatic carbocycles. The summed E-state index contributed by atoms with van der Waals surface area (Å²) >= 11 is 5.90. The molecule has 0 aromatic heterocycles. The first kappa shape index (κ1) is 13.2. The predicted octanol–water partition coefficient (Wildman–Crippen LogP) is 3.61. The average Bonchev–Trinajstić information content (AvgIpc) is 2.37. The molecule has 0 saturated carbocycles. The van der Waals surface area contributed by atoms with Crippen LogP contribution in [0.3, 0.4) is 0 Å². The smallest absolute Gasteiger partial charge is 0.246 e. The Morgan fingerprint density at radius 3 is 2.78 bits per heavy atom. The quantitative estimate of drug-likeness (QED) is 0.747. The Kier molecular flexibility index (Phi) is 4.43. The van der Waals surface area contributed by atoms with Gasteiger partial charge in [-0.2, -0.15) is 0 Å². The second-order valence-corrected chi connectivity index (χ2v) is 5.33. The number of piperidine rings is 1. The minimum absolute atomic E-state index is 0.0990. The van der Waals surface area contributed by atoms with Gasteiger partial charge in [0, 0.05) is 24.2 Å². The van der Waals surface area contributed by atoms with Crippen LogP contribution in [-0.4, -0.2) is 23.9 Å². The molecule has 2 nitrogen and oxygen atoms in total. The molecular formula is C15H18ClNO. The molecule has 96 valence electrons. The van der Waals surface area contributed by atoms with E-state index in [-0.39, 0.29) is 5.91 Å². The molecule has 0 unspecified atom stereocenters. The molecule has 0 radical (unpaired) electrons. The largest absolute Gasteiger partial charge is 0.339 e. The van der Waals surface area contributed by atoms with Crippen molar-refractivity contribution >= 4 is 23.6 Å². The molecule has 0 spiro atoms. The van der Waals surface area contributed by atoms with Crippen molar-refractivity contribution in [3.05, 3.63) is 40.9 Å². The summed E-state index contributed by atoms with van der Waals surface area (Å²) in [5, 5.41) is 0.691. The van der Waals surface area contributed by atoms with Crippen LogP contribution in [-0.2, 0) is 4.79 Å². The van der Waals surface area contributed by atoms with E-state index in [0.29, 0.717) is 5.02 Å². The van der Waals surface area contributed by atoms with E-state index >= 15 is 0 Å². The van der Waals surface area contributed by atoms with Crippen LogP contribution in [0.4, 0.5) is 0 Å². The van der Waals surface area contributed by atoms with Crippen LogP contribution in [0.15, 0.2) is 30.3 Å². The first-order valence-electron chi connectivity index (χ1n) is 6.38. The number of rotatable bonds is 2. The van der Waals surface area contributed by atoms with Crippen LogP contribution in [0, 0.1) is 5.92 Å². The van der Waals surface area contributed by atoms with E-state index in [0.717, 1.165) is 37.4 Å². The molecule has 0 N–H and O–H groups in total. The lowest BCUT2D eigenvalue weighted by molar-refractivity contribution is -0.127. The molecule has 1 aliphatic rings. The Labute approximate surface area is 113 Å². The van der Waals surface area contributed by atoms with E-state index in [9.17, 15) is 4.79 Å². The van der Waals surface area contributed by atoms with Gasteiger partial charge in [0.2, 0.25) is 5.91 Å². The van der Waals surface area contributed by atoms with Gasteiger partial charge in [-0.1, -0.05) is 30.7 Å². The molecule has 0 aliphatic carbocycles. The van der Waals surface area contributed by atoms with Gasteiger partial charge in [0.05, 0.1) is 0 Å². The fourth-order valence-corrected chi connectivity index (χ4v) is 2.31. The van der Waals surface area contributed by atoms with Gasteiger partial charge in [-0.25, -0.2) is 0 Å². The van der Waals surface area contributed by atoms with Gasteiger partial charge in [-0.05, 0) is 42.5 Å². The summed E-state index contributed by atoms with van der Waals surface area (Å²) in [4.78, 5) is 13.9. The SMILES string of the molecule is CC1CCN(C(=O)/C=C/c2cccc(Cl)c2)CC1. The van der Waals surface area contributed by atoms with Gasteiger partial charge >= 0.3 is 0 Å². The van der Waals surface area contributed by atoms with Gasteiger partial charge in [0.25, 0.3) is 0 Å². The number of hydrogen-bond donors (Lipinski definition) is 0. The van der Waals surface area contributed by atoms with Crippen LogP contribution < -0.4 is 0 Å². The molecule has 1 saturated heterocycles. The van der Waals surface area contributed by atoms with Crippen molar-refractivity contribution in [2.75, 3.05) is 13.1 Å². The maximum Gasteiger partial charge on any atom is 0.246 e. The lowest BCUT2D eigenvalue weighted by Crippen LogP contribution is -2.36. The number of likely N-dealkylation sites (tertiary alicyclic amines) is 1. The van der Waals surface area contributed by atoms with Crippen LogP contribution >= 0.6 is 11.6 Å². The molecule has 0 atom stereocenters. The van der Waals surface area contributed by atoms with Crippen molar-refractivity contribution < 1.29 is 4.79 Å². The highest BCUT2D eigenvalue weighted by atomic mass is 35.5. The summed E-state index contributed by atoms with van der Waals surface area (Å²) in [5.41, 5.74) is 0.959. The third-order valence-corrected chi connectivity index (χ3v) is 3.60.